The molecule has 0 N–H and O–H groups in total. The van der Waals surface area contributed by atoms with E-state index in [1.807, 2.05) is 32.1 Å². The molecule has 0 amide bonds. The molecule has 0 aliphatic rings. The van der Waals surface area contributed by atoms with Crippen molar-refractivity contribution in [1.82, 2.24) is 0 Å². The normalized spacial score (nSPS) is 16.2. The molecule has 0 aromatic carbocycles. The summed E-state index contributed by atoms with van der Waals surface area (Å²) in [7, 11) is -0.0908. The molecule has 0 heterocycles. The van der Waals surface area contributed by atoms with Crippen LogP contribution in [0.2, 0.25) is 19.6 Å². The maximum atomic E-state index is 6.11. The van der Waals surface area contributed by atoms with Crippen LogP contribution >= 0.6 is 0 Å². The van der Waals surface area contributed by atoms with E-state index < -0.39 is 13.9 Å². The van der Waals surface area contributed by atoms with Crippen molar-refractivity contribution in [2.45, 2.75) is 52.4 Å². The summed E-state index contributed by atoms with van der Waals surface area (Å²) in [6, 6.07) is 0. The SMILES string of the molecule is C/C=C(/OC(/C=C/C)(CC)COCOC)O[Si](C)(C)C. The zero-order valence-electron chi connectivity index (χ0n) is 14.0. The lowest BCUT2D eigenvalue weighted by atomic mass is 10.0. The third-order valence-electron chi connectivity index (χ3n) is 2.56. The predicted molar refractivity (Wildman–Crippen MR) is 84.9 cm³/mol. The molecule has 0 aromatic rings. The Bertz CT molecular complexity index is 320. The second-order valence-electron chi connectivity index (χ2n) is 5.60. The molecule has 0 bridgehead atoms. The van der Waals surface area contributed by atoms with E-state index in [-0.39, 0.29) is 6.79 Å². The van der Waals surface area contributed by atoms with Gasteiger partial charge in [-0.2, -0.15) is 0 Å². The Morgan fingerprint density at radius 3 is 2.25 bits per heavy atom. The molecular weight excluding hydrogens is 272 g/mol. The summed E-state index contributed by atoms with van der Waals surface area (Å²) < 4.78 is 22.5. The average molecular weight is 302 g/mol. The van der Waals surface area contributed by atoms with Gasteiger partial charge in [0.15, 0.2) is 5.60 Å². The Balaban J connectivity index is 4.93. The van der Waals surface area contributed by atoms with Gasteiger partial charge in [0.25, 0.3) is 5.95 Å². The van der Waals surface area contributed by atoms with E-state index in [1.54, 1.807) is 7.11 Å². The number of ether oxygens (including phenoxy) is 3. The van der Waals surface area contributed by atoms with E-state index in [0.717, 1.165) is 6.42 Å². The second kappa shape index (κ2) is 9.21. The fraction of sp³-hybridized carbons (Fsp3) is 0.733. The zero-order valence-corrected chi connectivity index (χ0v) is 15.0. The Morgan fingerprint density at radius 1 is 1.20 bits per heavy atom. The first-order valence-corrected chi connectivity index (χ1v) is 10.5. The number of rotatable bonds is 10. The molecule has 118 valence electrons. The van der Waals surface area contributed by atoms with Crippen LogP contribution in [-0.2, 0) is 18.6 Å². The molecule has 0 saturated heterocycles. The van der Waals surface area contributed by atoms with Crippen molar-refractivity contribution in [3.05, 3.63) is 24.2 Å². The average Bonchev–Trinajstić information content (AvgIpc) is 2.36. The first-order valence-electron chi connectivity index (χ1n) is 7.07. The number of allylic oxidation sites excluding steroid dienone is 2. The van der Waals surface area contributed by atoms with Crippen LogP contribution in [0.4, 0.5) is 0 Å². The largest absolute Gasteiger partial charge is 0.520 e. The minimum Gasteiger partial charge on any atom is -0.520 e. The van der Waals surface area contributed by atoms with Gasteiger partial charge >= 0.3 is 0 Å². The summed E-state index contributed by atoms with van der Waals surface area (Å²) in [5.74, 6) is 0.574. The van der Waals surface area contributed by atoms with Crippen LogP contribution < -0.4 is 0 Å². The molecule has 0 aromatic heterocycles. The van der Waals surface area contributed by atoms with E-state index in [2.05, 4.69) is 26.6 Å². The van der Waals surface area contributed by atoms with Crippen LogP contribution in [0, 0.1) is 0 Å². The Kier molecular flexibility index (Phi) is 8.85. The number of methoxy groups -OCH3 is 1. The Morgan fingerprint density at radius 2 is 1.85 bits per heavy atom. The predicted octanol–water partition coefficient (Wildman–Crippen LogP) is 4.06. The van der Waals surface area contributed by atoms with Gasteiger partial charge in [-0.1, -0.05) is 13.0 Å². The maximum absolute atomic E-state index is 6.11. The van der Waals surface area contributed by atoms with E-state index in [4.69, 9.17) is 18.6 Å². The molecule has 0 aliphatic heterocycles. The molecule has 0 saturated carbocycles. The molecule has 1 unspecified atom stereocenters. The summed E-state index contributed by atoms with van der Waals surface area (Å²) in [5, 5.41) is 0. The highest BCUT2D eigenvalue weighted by molar-refractivity contribution is 6.69. The van der Waals surface area contributed by atoms with Crippen LogP contribution in [0.5, 0.6) is 0 Å². The standard InChI is InChI=1S/C15H30O4Si/c1-8-11-15(10-3,12-17-13-16-4)18-14(9-2)19-20(5,6)7/h8-9,11H,10,12-13H2,1-7H3/b11-8+,14-9-. The zero-order chi connectivity index (χ0) is 15.6. The summed E-state index contributed by atoms with van der Waals surface area (Å²) in [4.78, 5) is 0. The first-order chi connectivity index (χ1) is 9.32. The summed E-state index contributed by atoms with van der Waals surface area (Å²) in [6.45, 7) is 13.0. The number of hydrogen-bond acceptors (Lipinski definition) is 4. The first kappa shape index (κ1) is 19.2. The van der Waals surface area contributed by atoms with Gasteiger partial charge in [-0.15, -0.1) is 0 Å². The van der Waals surface area contributed by atoms with Gasteiger partial charge < -0.3 is 18.6 Å². The smallest absolute Gasteiger partial charge is 0.261 e. The van der Waals surface area contributed by atoms with Gasteiger partial charge in [0, 0.05) is 7.11 Å². The van der Waals surface area contributed by atoms with Crippen molar-refractivity contribution < 1.29 is 18.6 Å². The fourth-order valence-corrected chi connectivity index (χ4v) is 2.41. The van der Waals surface area contributed by atoms with Crippen LogP contribution in [0.1, 0.15) is 27.2 Å². The van der Waals surface area contributed by atoms with Crippen molar-refractivity contribution in [3.8, 4) is 0 Å². The van der Waals surface area contributed by atoms with Crippen molar-refractivity contribution in [2.75, 3.05) is 20.5 Å². The molecule has 20 heavy (non-hydrogen) atoms. The molecule has 4 nitrogen and oxygen atoms in total. The highest BCUT2D eigenvalue weighted by Crippen LogP contribution is 2.25. The van der Waals surface area contributed by atoms with Gasteiger partial charge in [0.1, 0.15) is 6.79 Å². The molecule has 0 aliphatic carbocycles. The molecule has 5 heteroatoms. The highest BCUT2D eigenvalue weighted by Gasteiger charge is 2.30. The molecule has 0 radical (unpaired) electrons. The van der Waals surface area contributed by atoms with Crippen molar-refractivity contribution >= 4 is 8.32 Å². The van der Waals surface area contributed by atoms with Gasteiger partial charge in [-0.25, -0.2) is 0 Å². The van der Waals surface area contributed by atoms with Crippen molar-refractivity contribution in [1.29, 1.82) is 0 Å². The molecule has 1 atom stereocenters. The molecule has 0 fully saturated rings. The van der Waals surface area contributed by atoms with Gasteiger partial charge in [0.05, 0.1) is 6.61 Å². The Labute approximate surface area is 124 Å². The molecule has 0 rings (SSSR count). The topological polar surface area (TPSA) is 36.9 Å². The minimum absolute atomic E-state index is 0.253. The van der Waals surface area contributed by atoms with Gasteiger partial charge in [-0.05, 0) is 52.1 Å². The van der Waals surface area contributed by atoms with Crippen LogP contribution in [-0.4, -0.2) is 34.4 Å². The third kappa shape index (κ3) is 7.72. The van der Waals surface area contributed by atoms with E-state index in [9.17, 15) is 0 Å². The maximum Gasteiger partial charge on any atom is 0.261 e. The lowest BCUT2D eigenvalue weighted by Crippen LogP contribution is -2.37. The summed E-state index contributed by atoms with van der Waals surface area (Å²) in [6.07, 6.45) is 6.64. The Hall–Kier alpha value is -0.783. The third-order valence-corrected chi connectivity index (χ3v) is 3.38. The minimum atomic E-state index is -1.70. The quantitative estimate of drug-likeness (QED) is 0.200. The second-order valence-corrected chi connectivity index (χ2v) is 10.0. The fourth-order valence-electron chi connectivity index (χ4n) is 1.65. The number of hydrogen-bond donors (Lipinski definition) is 0. The van der Waals surface area contributed by atoms with E-state index in [1.165, 1.54) is 0 Å². The summed E-state index contributed by atoms with van der Waals surface area (Å²) in [5.41, 5.74) is -0.519. The van der Waals surface area contributed by atoms with E-state index >= 15 is 0 Å². The van der Waals surface area contributed by atoms with Crippen LogP contribution in [0.15, 0.2) is 24.2 Å². The lowest BCUT2D eigenvalue weighted by molar-refractivity contribution is -0.109. The van der Waals surface area contributed by atoms with Gasteiger partial charge in [0.2, 0.25) is 8.32 Å². The van der Waals surface area contributed by atoms with Crippen LogP contribution in [0.25, 0.3) is 0 Å². The molecular formula is C15H30O4Si. The van der Waals surface area contributed by atoms with Crippen molar-refractivity contribution in [3.63, 3.8) is 0 Å². The lowest BCUT2D eigenvalue weighted by Gasteiger charge is -2.33. The van der Waals surface area contributed by atoms with Crippen LogP contribution in [0.3, 0.4) is 0 Å². The molecule has 0 spiro atoms. The monoisotopic (exact) mass is 302 g/mol. The van der Waals surface area contributed by atoms with Crippen molar-refractivity contribution in [2.24, 2.45) is 0 Å². The van der Waals surface area contributed by atoms with E-state index in [0.29, 0.717) is 12.6 Å². The summed E-state index contributed by atoms with van der Waals surface area (Å²) >= 11 is 0. The highest BCUT2D eigenvalue weighted by atomic mass is 28.4. The van der Waals surface area contributed by atoms with Gasteiger partial charge in [-0.3, -0.25) is 0 Å².